The van der Waals surface area contributed by atoms with E-state index in [0.29, 0.717) is 11.3 Å². The van der Waals surface area contributed by atoms with Crippen LogP contribution in [0.25, 0.3) is 11.1 Å². The molecule has 3 aromatic carbocycles. The Bertz CT molecular complexity index is 1050. The molecule has 4 nitrogen and oxygen atoms in total. The Morgan fingerprint density at radius 1 is 0.704 bits per heavy atom. The van der Waals surface area contributed by atoms with Crippen molar-refractivity contribution in [2.24, 2.45) is 0 Å². The lowest BCUT2D eigenvalue weighted by Crippen LogP contribution is -2.51. The van der Waals surface area contributed by atoms with Gasteiger partial charge >= 0.3 is 0 Å². The van der Waals surface area contributed by atoms with Crippen molar-refractivity contribution in [2.45, 2.75) is 20.8 Å². The van der Waals surface area contributed by atoms with Crippen LogP contribution in [0.3, 0.4) is 0 Å². The number of para-hydroxylation sites is 1. The molecular formula is C23H24N2O2. The lowest BCUT2D eigenvalue weighted by Gasteiger charge is -2.38. The van der Waals surface area contributed by atoms with E-state index in [0.717, 1.165) is 42.9 Å². The van der Waals surface area contributed by atoms with Crippen molar-refractivity contribution < 1.29 is 0 Å². The van der Waals surface area contributed by atoms with Crippen LogP contribution in [0.1, 0.15) is 16.7 Å². The van der Waals surface area contributed by atoms with Crippen molar-refractivity contribution in [3.8, 4) is 11.1 Å². The molecule has 1 heterocycles. The highest BCUT2D eigenvalue weighted by Crippen LogP contribution is 2.32. The van der Waals surface area contributed by atoms with E-state index in [4.69, 9.17) is 0 Å². The zero-order valence-electron chi connectivity index (χ0n) is 16.1. The monoisotopic (exact) mass is 360 g/mol. The molecule has 1 fully saturated rings. The molecule has 1 aliphatic heterocycles. The van der Waals surface area contributed by atoms with Crippen molar-refractivity contribution in [3.63, 3.8) is 0 Å². The number of hydrogen-bond donors (Lipinski definition) is 0. The van der Waals surface area contributed by atoms with Crippen molar-refractivity contribution in [1.82, 2.24) is 0 Å². The quantitative estimate of drug-likeness (QED) is 0.673. The fourth-order valence-electron chi connectivity index (χ4n) is 3.99. The highest BCUT2D eigenvalue weighted by molar-refractivity contribution is 5.85. The molecule has 0 atom stereocenters. The fourth-order valence-corrected chi connectivity index (χ4v) is 3.99. The number of nitrogens with zero attached hydrogens (tertiary/aromatic N) is 2. The number of piperazine rings is 1. The van der Waals surface area contributed by atoms with Gasteiger partial charge in [-0.1, -0.05) is 30.3 Å². The second-order valence-corrected chi connectivity index (χ2v) is 7.44. The van der Waals surface area contributed by atoms with E-state index in [2.05, 4.69) is 34.9 Å². The van der Waals surface area contributed by atoms with E-state index in [1.807, 2.05) is 38.1 Å². The smallest absolute Gasteiger partial charge is 0.250 e. The maximum absolute atomic E-state index is 12.4. The highest BCUT2D eigenvalue weighted by Gasteiger charge is 2.30. The minimum Gasteiger partial charge on any atom is -0.368 e. The Morgan fingerprint density at radius 3 is 1.96 bits per heavy atom. The van der Waals surface area contributed by atoms with E-state index in [-0.39, 0.29) is 10.9 Å². The Kier molecular flexibility index (Phi) is 4.34. The number of hydrogen-bond acceptors (Lipinski definition) is 4. The van der Waals surface area contributed by atoms with Crippen LogP contribution in [0.5, 0.6) is 0 Å². The molecule has 0 bridgehead atoms. The molecular weight excluding hydrogens is 336 g/mol. The van der Waals surface area contributed by atoms with Gasteiger partial charge in [-0.3, -0.25) is 9.59 Å². The Morgan fingerprint density at radius 2 is 1.30 bits per heavy atom. The van der Waals surface area contributed by atoms with Gasteiger partial charge in [0.2, 0.25) is 10.9 Å². The second-order valence-electron chi connectivity index (χ2n) is 7.44. The van der Waals surface area contributed by atoms with Crippen LogP contribution in [-0.4, -0.2) is 26.2 Å². The number of rotatable bonds is 3. The molecule has 138 valence electrons. The van der Waals surface area contributed by atoms with Gasteiger partial charge in [0.25, 0.3) is 0 Å². The topological polar surface area (TPSA) is 40.6 Å². The van der Waals surface area contributed by atoms with Crippen molar-refractivity contribution >= 4 is 11.4 Å². The van der Waals surface area contributed by atoms with Crippen molar-refractivity contribution in [3.05, 3.63) is 79.6 Å². The van der Waals surface area contributed by atoms with Gasteiger partial charge < -0.3 is 9.80 Å². The van der Waals surface area contributed by atoms with E-state index in [1.165, 1.54) is 11.3 Å². The molecule has 0 aromatic heterocycles. The zero-order valence-corrected chi connectivity index (χ0v) is 16.1. The maximum atomic E-state index is 12.4. The average Bonchev–Trinajstić information content (AvgIpc) is 2.69. The predicted molar refractivity (Wildman–Crippen MR) is 112 cm³/mol. The molecule has 1 saturated heterocycles. The molecule has 27 heavy (non-hydrogen) atoms. The summed E-state index contributed by atoms with van der Waals surface area (Å²) in [6, 6.07) is 14.5. The van der Waals surface area contributed by atoms with E-state index in [1.54, 1.807) is 0 Å². The molecule has 4 rings (SSSR count). The van der Waals surface area contributed by atoms with Gasteiger partial charge in [0, 0.05) is 31.9 Å². The summed E-state index contributed by atoms with van der Waals surface area (Å²) in [5.41, 5.74) is 6.03. The molecule has 0 unspecified atom stereocenters. The summed E-state index contributed by atoms with van der Waals surface area (Å²) in [5, 5.41) is 0. The third-order valence-corrected chi connectivity index (χ3v) is 5.71. The summed E-state index contributed by atoms with van der Waals surface area (Å²) in [4.78, 5) is 29.2. The van der Waals surface area contributed by atoms with Gasteiger partial charge in [0.05, 0.1) is 5.56 Å². The van der Waals surface area contributed by atoms with Gasteiger partial charge in [-0.25, -0.2) is 0 Å². The van der Waals surface area contributed by atoms with Crippen LogP contribution in [0, 0.1) is 20.8 Å². The van der Waals surface area contributed by atoms with Crippen LogP contribution >= 0.6 is 0 Å². The first-order valence-electron chi connectivity index (χ1n) is 9.44. The van der Waals surface area contributed by atoms with Gasteiger partial charge in [-0.15, -0.1) is 0 Å². The van der Waals surface area contributed by atoms with Crippen molar-refractivity contribution in [1.29, 1.82) is 0 Å². The molecule has 4 heteroatoms. The van der Waals surface area contributed by atoms with E-state index < -0.39 is 0 Å². The number of aryl methyl sites for hydroxylation is 3. The van der Waals surface area contributed by atoms with Crippen LogP contribution in [-0.2, 0) is 0 Å². The summed E-state index contributed by atoms with van der Waals surface area (Å²) in [7, 11) is 0. The molecule has 0 N–H and O–H groups in total. The van der Waals surface area contributed by atoms with Crippen LogP contribution in [0.4, 0.5) is 11.4 Å². The Hall–Kier alpha value is -2.88. The van der Waals surface area contributed by atoms with Gasteiger partial charge in [0.15, 0.2) is 0 Å². The zero-order chi connectivity index (χ0) is 19.1. The second kappa shape index (κ2) is 6.69. The lowest BCUT2D eigenvalue weighted by atomic mass is 9.91. The standard InChI is InChI=1S/C23H24N2O2/c1-15-13-17(3)19(14-16(15)2)20-21(23(27)22(20)26)25-11-9-24(10-12-25)18-7-5-4-6-8-18/h4-8,13-14H,9-12H2,1-3H3. The van der Waals surface area contributed by atoms with Gasteiger partial charge in [-0.2, -0.15) is 0 Å². The largest absolute Gasteiger partial charge is 0.368 e. The molecule has 0 aliphatic carbocycles. The average molecular weight is 360 g/mol. The first-order valence-corrected chi connectivity index (χ1v) is 9.44. The van der Waals surface area contributed by atoms with Gasteiger partial charge in [0.1, 0.15) is 5.69 Å². The molecule has 0 radical (unpaired) electrons. The maximum Gasteiger partial charge on any atom is 0.250 e. The summed E-state index contributed by atoms with van der Waals surface area (Å²) < 4.78 is 0. The Labute approximate surface area is 159 Å². The Balaban J connectivity index is 1.62. The normalized spacial score (nSPS) is 14.8. The van der Waals surface area contributed by atoms with Gasteiger partial charge in [-0.05, 0) is 55.2 Å². The number of anilines is 2. The summed E-state index contributed by atoms with van der Waals surface area (Å²) >= 11 is 0. The fraction of sp³-hybridized carbons (Fsp3) is 0.304. The minimum absolute atomic E-state index is 0.337. The minimum atomic E-state index is -0.346. The summed E-state index contributed by atoms with van der Waals surface area (Å²) in [5.74, 6) is 0. The van der Waals surface area contributed by atoms with E-state index in [9.17, 15) is 9.59 Å². The first kappa shape index (κ1) is 17.5. The summed E-state index contributed by atoms with van der Waals surface area (Å²) in [6.07, 6.45) is 0. The van der Waals surface area contributed by atoms with Crippen LogP contribution < -0.4 is 20.7 Å². The predicted octanol–water partition coefficient (Wildman–Crippen LogP) is 3.20. The van der Waals surface area contributed by atoms with E-state index >= 15 is 0 Å². The third kappa shape index (κ3) is 2.95. The lowest BCUT2D eigenvalue weighted by molar-refractivity contribution is 0.651. The molecule has 0 amide bonds. The first-order chi connectivity index (χ1) is 13.0. The molecule has 0 spiro atoms. The molecule has 0 saturated carbocycles. The highest BCUT2D eigenvalue weighted by atomic mass is 16.2. The SMILES string of the molecule is Cc1cc(C)c(-c2c(N3CCN(c4ccccc4)CC3)c(=O)c2=O)cc1C. The number of benzene rings is 2. The van der Waals surface area contributed by atoms with Crippen LogP contribution in [0.15, 0.2) is 52.1 Å². The molecule has 1 aliphatic rings. The molecule has 3 aromatic rings. The van der Waals surface area contributed by atoms with Crippen LogP contribution in [0.2, 0.25) is 0 Å². The third-order valence-electron chi connectivity index (χ3n) is 5.71. The van der Waals surface area contributed by atoms with Crippen molar-refractivity contribution in [2.75, 3.05) is 36.0 Å². The summed E-state index contributed by atoms with van der Waals surface area (Å²) in [6.45, 7) is 9.30.